The maximum absolute atomic E-state index is 13.4. The van der Waals surface area contributed by atoms with Crippen molar-refractivity contribution in [3.05, 3.63) is 57.5 Å². The Morgan fingerprint density at radius 3 is 2.50 bits per heavy atom. The lowest BCUT2D eigenvalue weighted by Crippen LogP contribution is -2.45. The first-order chi connectivity index (χ1) is 9.75. The first kappa shape index (κ1) is 19.4. The van der Waals surface area contributed by atoms with Crippen LogP contribution in [-0.4, -0.2) is 31.1 Å². The maximum atomic E-state index is 13.4. The second-order valence-corrected chi connectivity index (χ2v) is 6.18. The molecule has 1 saturated heterocycles. The number of hydrogen-bond acceptors (Lipinski definition) is 3. The molecule has 1 atom stereocenters. The molecular weight excluding hydrogens is 342 g/mol. The molecule has 1 N–H and O–H groups in total. The first-order valence-corrected chi connectivity index (χ1v) is 7.88. The van der Waals surface area contributed by atoms with E-state index in [9.17, 15) is 4.39 Å². The van der Waals surface area contributed by atoms with Gasteiger partial charge >= 0.3 is 0 Å². The van der Waals surface area contributed by atoms with Gasteiger partial charge in [0.1, 0.15) is 5.82 Å². The van der Waals surface area contributed by atoms with E-state index < -0.39 is 0 Å². The Morgan fingerprint density at radius 2 is 1.91 bits per heavy atom. The maximum Gasteiger partial charge on any atom is 0.123 e. The van der Waals surface area contributed by atoms with E-state index in [1.165, 1.54) is 10.4 Å². The lowest BCUT2D eigenvalue weighted by atomic mass is 9.98. The van der Waals surface area contributed by atoms with Gasteiger partial charge < -0.3 is 5.32 Å². The van der Waals surface area contributed by atoms with Crippen LogP contribution in [0, 0.1) is 12.7 Å². The van der Waals surface area contributed by atoms with Crippen LogP contribution in [0.1, 0.15) is 22.0 Å². The third-order valence-corrected chi connectivity index (χ3v) is 4.78. The molecule has 1 aromatic heterocycles. The average molecular weight is 363 g/mol. The van der Waals surface area contributed by atoms with E-state index in [1.54, 1.807) is 23.5 Å². The molecule has 0 bridgehead atoms. The molecule has 1 aromatic carbocycles. The zero-order chi connectivity index (χ0) is 13.9. The van der Waals surface area contributed by atoms with Gasteiger partial charge in [0.05, 0.1) is 6.04 Å². The Hall–Kier alpha value is -0.650. The number of hydrogen-bond donors (Lipinski definition) is 1. The SMILES string of the molecule is Cc1cc(F)ccc1[C@@H](c1cccs1)N1CCNCC1.Cl.Cl. The zero-order valence-corrected chi connectivity index (χ0v) is 14.9. The summed E-state index contributed by atoms with van der Waals surface area (Å²) in [6.07, 6.45) is 0. The molecule has 0 spiro atoms. The first-order valence-electron chi connectivity index (χ1n) is 7.00. The fraction of sp³-hybridized carbons (Fsp3) is 0.375. The topological polar surface area (TPSA) is 15.3 Å². The van der Waals surface area contributed by atoms with Gasteiger partial charge in [-0.05, 0) is 41.6 Å². The van der Waals surface area contributed by atoms with Crippen LogP contribution in [0.5, 0.6) is 0 Å². The molecule has 1 fully saturated rings. The summed E-state index contributed by atoms with van der Waals surface area (Å²) in [5.41, 5.74) is 2.25. The summed E-state index contributed by atoms with van der Waals surface area (Å²) >= 11 is 1.78. The summed E-state index contributed by atoms with van der Waals surface area (Å²) in [6, 6.07) is 9.67. The van der Waals surface area contributed by atoms with Crippen molar-refractivity contribution in [2.75, 3.05) is 26.2 Å². The van der Waals surface area contributed by atoms with Gasteiger partial charge in [-0.1, -0.05) is 12.1 Å². The van der Waals surface area contributed by atoms with Gasteiger partial charge in [-0.2, -0.15) is 0 Å². The van der Waals surface area contributed by atoms with Crippen LogP contribution >= 0.6 is 36.2 Å². The van der Waals surface area contributed by atoms with Gasteiger partial charge in [0.25, 0.3) is 0 Å². The molecule has 1 aliphatic rings. The molecule has 3 rings (SSSR count). The van der Waals surface area contributed by atoms with E-state index in [4.69, 9.17) is 0 Å². The Bertz CT molecular complexity index is 572. The fourth-order valence-electron chi connectivity index (χ4n) is 2.86. The van der Waals surface area contributed by atoms with E-state index in [1.807, 2.05) is 13.0 Å². The van der Waals surface area contributed by atoms with Crippen LogP contribution in [-0.2, 0) is 0 Å². The highest BCUT2D eigenvalue weighted by Crippen LogP contribution is 2.33. The summed E-state index contributed by atoms with van der Waals surface area (Å²) in [5, 5.41) is 5.51. The van der Waals surface area contributed by atoms with E-state index in [0.717, 1.165) is 31.7 Å². The molecule has 0 saturated carbocycles. The molecular formula is C16H21Cl2FN2S. The van der Waals surface area contributed by atoms with Gasteiger partial charge in [-0.15, -0.1) is 36.2 Å². The quantitative estimate of drug-likeness (QED) is 0.886. The molecule has 2 aromatic rings. The average Bonchev–Trinajstić information content (AvgIpc) is 2.97. The fourth-order valence-corrected chi connectivity index (χ4v) is 3.74. The molecule has 6 heteroatoms. The van der Waals surface area contributed by atoms with Crippen LogP contribution in [0.15, 0.2) is 35.7 Å². The lowest BCUT2D eigenvalue weighted by molar-refractivity contribution is 0.200. The van der Waals surface area contributed by atoms with Crippen LogP contribution < -0.4 is 5.32 Å². The van der Waals surface area contributed by atoms with E-state index >= 15 is 0 Å². The van der Waals surface area contributed by atoms with Gasteiger partial charge in [0, 0.05) is 31.1 Å². The predicted octanol–water partition coefficient (Wildman–Crippen LogP) is 4.03. The zero-order valence-electron chi connectivity index (χ0n) is 12.4. The minimum Gasteiger partial charge on any atom is -0.314 e. The molecule has 0 aliphatic carbocycles. The minimum absolute atomic E-state index is 0. The van der Waals surface area contributed by atoms with Gasteiger partial charge in [0.2, 0.25) is 0 Å². The highest BCUT2D eigenvalue weighted by molar-refractivity contribution is 7.10. The number of piperazine rings is 1. The molecule has 22 heavy (non-hydrogen) atoms. The normalized spacial score (nSPS) is 16.5. The van der Waals surface area contributed by atoms with E-state index in [2.05, 4.69) is 27.7 Å². The third-order valence-electron chi connectivity index (χ3n) is 3.86. The van der Waals surface area contributed by atoms with Crippen molar-refractivity contribution < 1.29 is 4.39 Å². The van der Waals surface area contributed by atoms with Crippen molar-refractivity contribution >= 4 is 36.2 Å². The van der Waals surface area contributed by atoms with Crippen molar-refractivity contribution in [3.8, 4) is 0 Å². The molecule has 2 nitrogen and oxygen atoms in total. The number of aryl methyl sites for hydroxylation is 1. The van der Waals surface area contributed by atoms with Crippen LogP contribution in [0.25, 0.3) is 0 Å². The number of halogens is 3. The predicted molar refractivity (Wildman–Crippen MR) is 96.2 cm³/mol. The number of benzene rings is 1. The Labute approximate surface area is 147 Å². The second kappa shape index (κ2) is 8.85. The monoisotopic (exact) mass is 362 g/mol. The summed E-state index contributed by atoms with van der Waals surface area (Å²) in [4.78, 5) is 3.82. The number of rotatable bonds is 3. The molecule has 122 valence electrons. The third kappa shape index (κ3) is 4.21. The highest BCUT2D eigenvalue weighted by Gasteiger charge is 2.25. The lowest BCUT2D eigenvalue weighted by Gasteiger charge is -2.35. The molecule has 1 aliphatic heterocycles. The molecule has 0 unspecified atom stereocenters. The molecule has 0 amide bonds. The van der Waals surface area contributed by atoms with Gasteiger partial charge in [0.15, 0.2) is 0 Å². The second-order valence-electron chi connectivity index (χ2n) is 5.20. The standard InChI is InChI=1S/C16H19FN2S.2ClH/c1-12-11-13(17)4-5-14(12)16(15-3-2-10-20-15)19-8-6-18-7-9-19;;/h2-5,10-11,16,18H,6-9H2,1H3;2*1H/t16-;;/m0../s1. The van der Waals surface area contributed by atoms with Gasteiger partial charge in [-0.3, -0.25) is 4.90 Å². The smallest absolute Gasteiger partial charge is 0.123 e. The minimum atomic E-state index is -0.156. The van der Waals surface area contributed by atoms with Crippen molar-refractivity contribution in [2.24, 2.45) is 0 Å². The molecule has 2 heterocycles. The Balaban J connectivity index is 0.00000121. The number of thiophene rings is 1. The summed E-state index contributed by atoms with van der Waals surface area (Å²) in [6.45, 7) is 6.09. The van der Waals surface area contributed by atoms with Gasteiger partial charge in [-0.25, -0.2) is 4.39 Å². The highest BCUT2D eigenvalue weighted by atomic mass is 35.5. The van der Waals surface area contributed by atoms with Crippen LogP contribution in [0.3, 0.4) is 0 Å². The Morgan fingerprint density at radius 1 is 1.18 bits per heavy atom. The van der Waals surface area contributed by atoms with Crippen LogP contribution in [0.4, 0.5) is 4.39 Å². The van der Waals surface area contributed by atoms with Crippen molar-refractivity contribution in [1.29, 1.82) is 0 Å². The largest absolute Gasteiger partial charge is 0.314 e. The Kier molecular flexibility index (Phi) is 7.80. The summed E-state index contributed by atoms with van der Waals surface area (Å²) in [5.74, 6) is -0.156. The van der Waals surface area contributed by atoms with Crippen LogP contribution in [0.2, 0.25) is 0 Å². The summed E-state index contributed by atoms with van der Waals surface area (Å²) < 4.78 is 13.4. The van der Waals surface area contributed by atoms with E-state index in [-0.39, 0.29) is 36.7 Å². The number of nitrogens with zero attached hydrogens (tertiary/aromatic N) is 1. The van der Waals surface area contributed by atoms with Crippen molar-refractivity contribution in [3.63, 3.8) is 0 Å². The van der Waals surface area contributed by atoms with Crippen molar-refractivity contribution in [1.82, 2.24) is 10.2 Å². The number of nitrogens with one attached hydrogen (secondary N) is 1. The van der Waals surface area contributed by atoms with E-state index in [0.29, 0.717) is 0 Å². The molecule has 0 radical (unpaired) electrons. The van der Waals surface area contributed by atoms with Crippen molar-refractivity contribution in [2.45, 2.75) is 13.0 Å². The summed E-state index contributed by atoms with van der Waals surface area (Å²) in [7, 11) is 0.